The first kappa shape index (κ1) is 15.3. The third-order valence-corrected chi connectivity index (χ3v) is 5.16. The lowest BCUT2D eigenvalue weighted by molar-refractivity contribution is 0.242. The molecule has 0 saturated carbocycles. The topological polar surface area (TPSA) is 55.4 Å². The molecule has 4 nitrogen and oxygen atoms in total. The van der Waals surface area contributed by atoms with Crippen LogP contribution >= 0.6 is 0 Å². The molecule has 0 aromatic heterocycles. The molecule has 1 aromatic carbocycles. The highest BCUT2D eigenvalue weighted by Crippen LogP contribution is 2.15. The smallest absolute Gasteiger partial charge is 0.150 e. The van der Waals surface area contributed by atoms with Crippen LogP contribution < -0.4 is 10.1 Å². The first-order valence-electron chi connectivity index (χ1n) is 7.14. The van der Waals surface area contributed by atoms with Crippen LogP contribution in [-0.4, -0.2) is 32.1 Å². The Hall–Kier alpha value is -1.07. The van der Waals surface area contributed by atoms with E-state index < -0.39 is 9.84 Å². The number of benzene rings is 1. The normalized spacial score (nSPS) is 19.1. The van der Waals surface area contributed by atoms with Crippen LogP contribution in [0.4, 0.5) is 0 Å². The van der Waals surface area contributed by atoms with Gasteiger partial charge >= 0.3 is 0 Å². The van der Waals surface area contributed by atoms with Crippen LogP contribution in [0.1, 0.15) is 32.3 Å². The van der Waals surface area contributed by atoms with Gasteiger partial charge in [-0.3, -0.25) is 0 Å². The van der Waals surface area contributed by atoms with E-state index in [-0.39, 0.29) is 6.10 Å². The van der Waals surface area contributed by atoms with Gasteiger partial charge in [0.05, 0.1) is 17.6 Å². The molecule has 112 valence electrons. The molecule has 1 aliphatic heterocycles. The van der Waals surface area contributed by atoms with Crippen LogP contribution in [0, 0.1) is 0 Å². The fourth-order valence-corrected chi connectivity index (χ4v) is 3.81. The molecule has 1 heterocycles. The third-order valence-electron chi connectivity index (χ3n) is 3.44. The molecular weight excluding hydrogens is 274 g/mol. The van der Waals surface area contributed by atoms with Gasteiger partial charge in [0, 0.05) is 12.6 Å². The van der Waals surface area contributed by atoms with E-state index in [1.165, 1.54) is 5.56 Å². The highest BCUT2D eigenvalue weighted by atomic mass is 32.2. The molecule has 1 aromatic rings. The largest absolute Gasteiger partial charge is 0.491 e. The Kier molecular flexibility index (Phi) is 5.05. The molecule has 0 aliphatic carbocycles. The van der Waals surface area contributed by atoms with E-state index in [0.717, 1.165) is 25.1 Å². The summed E-state index contributed by atoms with van der Waals surface area (Å²) in [6, 6.07) is 8.35. The zero-order chi connectivity index (χ0) is 14.6. The zero-order valence-corrected chi connectivity index (χ0v) is 12.9. The molecule has 0 atom stereocenters. The summed E-state index contributed by atoms with van der Waals surface area (Å²) in [5.74, 6) is 1.50. The minimum atomic E-state index is -2.77. The summed E-state index contributed by atoms with van der Waals surface area (Å²) >= 11 is 0. The van der Waals surface area contributed by atoms with Crippen LogP contribution in [0.25, 0.3) is 0 Å². The molecule has 0 bridgehead atoms. The Balaban J connectivity index is 1.80. The lowest BCUT2D eigenvalue weighted by atomic mass is 10.1. The van der Waals surface area contributed by atoms with Crippen molar-refractivity contribution in [2.75, 3.05) is 11.5 Å². The van der Waals surface area contributed by atoms with Gasteiger partial charge in [0.2, 0.25) is 0 Å². The number of rotatable bonds is 5. The van der Waals surface area contributed by atoms with Gasteiger partial charge < -0.3 is 10.1 Å². The van der Waals surface area contributed by atoms with E-state index in [1.54, 1.807) is 0 Å². The predicted octanol–water partition coefficient (Wildman–Crippen LogP) is 2.14. The van der Waals surface area contributed by atoms with Crippen LogP contribution in [-0.2, 0) is 16.4 Å². The molecule has 1 fully saturated rings. The summed E-state index contributed by atoms with van der Waals surface area (Å²) in [5.41, 5.74) is 1.19. The summed E-state index contributed by atoms with van der Waals surface area (Å²) in [6.07, 6.45) is 1.62. The molecule has 1 N–H and O–H groups in total. The monoisotopic (exact) mass is 297 g/mol. The number of hydrogen-bond donors (Lipinski definition) is 1. The second kappa shape index (κ2) is 6.59. The van der Waals surface area contributed by atoms with Gasteiger partial charge in [-0.1, -0.05) is 12.1 Å². The standard InChI is InChI=1S/C15H23NO3S/c1-12(2)19-15-5-3-13(4-6-15)11-16-14-7-9-20(17,18)10-8-14/h3-6,12,14,16H,7-11H2,1-2H3. The predicted molar refractivity (Wildman–Crippen MR) is 80.7 cm³/mol. The first-order valence-corrected chi connectivity index (χ1v) is 8.96. The van der Waals surface area contributed by atoms with E-state index in [0.29, 0.717) is 17.5 Å². The Bertz CT molecular complexity index is 509. The molecule has 20 heavy (non-hydrogen) atoms. The van der Waals surface area contributed by atoms with Crippen molar-refractivity contribution in [1.82, 2.24) is 5.32 Å². The molecule has 0 unspecified atom stereocenters. The van der Waals surface area contributed by atoms with Gasteiger partial charge in [0.1, 0.15) is 15.6 Å². The van der Waals surface area contributed by atoms with Crippen molar-refractivity contribution in [1.29, 1.82) is 0 Å². The van der Waals surface area contributed by atoms with E-state index in [2.05, 4.69) is 5.32 Å². The Morgan fingerprint density at radius 1 is 1.20 bits per heavy atom. The van der Waals surface area contributed by atoms with E-state index >= 15 is 0 Å². The van der Waals surface area contributed by atoms with Crippen molar-refractivity contribution >= 4 is 9.84 Å². The first-order chi connectivity index (χ1) is 9.44. The number of nitrogens with one attached hydrogen (secondary N) is 1. The number of hydrogen-bond acceptors (Lipinski definition) is 4. The lowest BCUT2D eigenvalue weighted by Crippen LogP contribution is -2.37. The summed E-state index contributed by atoms with van der Waals surface area (Å²) in [4.78, 5) is 0. The van der Waals surface area contributed by atoms with E-state index in [4.69, 9.17) is 4.74 Å². The van der Waals surface area contributed by atoms with Gasteiger partial charge in [0.15, 0.2) is 0 Å². The van der Waals surface area contributed by atoms with Crippen LogP contribution in [0.5, 0.6) is 5.75 Å². The molecule has 0 spiro atoms. The highest BCUT2D eigenvalue weighted by molar-refractivity contribution is 7.91. The SMILES string of the molecule is CC(C)Oc1ccc(CNC2CCS(=O)(=O)CC2)cc1. The van der Waals surface area contributed by atoms with Crippen molar-refractivity contribution in [3.63, 3.8) is 0 Å². The quantitative estimate of drug-likeness (QED) is 0.904. The Labute approximate surface area is 121 Å². The van der Waals surface area contributed by atoms with Crippen LogP contribution in [0.2, 0.25) is 0 Å². The maximum atomic E-state index is 11.4. The number of ether oxygens (including phenoxy) is 1. The molecule has 1 saturated heterocycles. The second-order valence-electron chi connectivity index (χ2n) is 5.62. The fraction of sp³-hybridized carbons (Fsp3) is 0.600. The Morgan fingerprint density at radius 3 is 2.35 bits per heavy atom. The molecular formula is C15H23NO3S. The van der Waals surface area contributed by atoms with Crippen molar-refractivity contribution in [3.8, 4) is 5.75 Å². The van der Waals surface area contributed by atoms with Gasteiger partial charge in [-0.15, -0.1) is 0 Å². The highest BCUT2D eigenvalue weighted by Gasteiger charge is 2.22. The van der Waals surface area contributed by atoms with E-state index in [1.807, 2.05) is 38.1 Å². The summed E-state index contributed by atoms with van der Waals surface area (Å²) in [6.45, 7) is 4.78. The molecule has 5 heteroatoms. The number of sulfone groups is 1. The van der Waals surface area contributed by atoms with Crippen LogP contribution in [0.3, 0.4) is 0 Å². The van der Waals surface area contributed by atoms with Gasteiger partial charge in [-0.25, -0.2) is 8.42 Å². The summed E-state index contributed by atoms with van der Waals surface area (Å²) in [7, 11) is -2.77. The van der Waals surface area contributed by atoms with Crippen molar-refractivity contribution in [2.24, 2.45) is 0 Å². The average Bonchev–Trinajstić information content (AvgIpc) is 2.38. The average molecular weight is 297 g/mol. The Morgan fingerprint density at radius 2 is 1.80 bits per heavy atom. The minimum Gasteiger partial charge on any atom is -0.491 e. The second-order valence-corrected chi connectivity index (χ2v) is 7.92. The zero-order valence-electron chi connectivity index (χ0n) is 12.1. The minimum absolute atomic E-state index is 0.183. The molecule has 1 aliphatic rings. The summed E-state index contributed by atoms with van der Waals surface area (Å²) < 4.78 is 28.3. The van der Waals surface area contributed by atoms with Crippen molar-refractivity contribution < 1.29 is 13.2 Å². The van der Waals surface area contributed by atoms with Crippen molar-refractivity contribution in [2.45, 2.75) is 45.4 Å². The van der Waals surface area contributed by atoms with E-state index in [9.17, 15) is 8.42 Å². The third kappa shape index (κ3) is 4.80. The van der Waals surface area contributed by atoms with Crippen molar-refractivity contribution in [3.05, 3.63) is 29.8 Å². The molecule has 2 rings (SSSR count). The van der Waals surface area contributed by atoms with Crippen LogP contribution in [0.15, 0.2) is 24.3 Å². The van der Waals surface area contributed by atoms with Gasteiger partial charge in [-0.05, 0) is 44.4 Å². The maximum absolute atomic E-state index is 11.4. The fourth-order valence-electron chi connectivity index (χ4n) is 2.31. The lowest BCUT2D eigenvalue weighted by Gasteiger charge is -2.23. The van der Waals surface area contributed by atoms with Gasteiger partial charge in [-0.2, -0.15) is 0 Å². The summed E-state index contributed by atoms with van der Waals surface area (Å²) in [5, 5.41) is 3.43. The molecule has 0 amide bonds. The maximum Gasteiger partial charge on any atom is 0.150 e. The van der Waals surface area contributed by atoms with Gasteiger partial charge in [0.25, 0.3) is 0 Å². The molecule has 0 radical (unpaired) electrons.